The number of H-pyrrole nitrogens is 1. The van der Waals surface area contributed by atoms with Gasteiger partial charge in [0.1, 0.15) is 5.82 Å². The van der Waals surface area contributed by atoms with Crippen LogP contribution in [-0.2, 0) is 0 Å². The smallest absolute Gasteiger partial charge is 0.157 e. The maximum absolute atomic E-state index is 5.76. The van der Waals surface area contributed by atoms with Gasteiger partial charge in [0.2, 0.25) is 0 Å². The molecule has 0 amide bonds. The maximum atomic E-state index is 5.76. The van der Waals surface area contributed by atoms with Crippen LogP contribution in [0.5, 0.6) is 0 Å². The van der Waals surface area contributed by atoms with E-state index in [9.17, 15) is 0 Å². The van der Waals surface area contributed by atoms with Crippen molar-refractivity contribution in [3.8, 4) is 0 Å². The Hall–Kier alpha value is -2.04. The number of fused-ring (bicyclic) bond motifs is 3. The minimum atomic E-state index is 0.627. The lowest BCUT2D eigenvalue weighted by Crippen LogP contribution is -1.94. The number of imidazole rings is 1. The fourth-order valence-corrected chi connectivity index (χ4v) is 1.49. The topological polar surface area (TPSA) is 72.0 Å². The van der Waals surface area contributed by atoms with Gasteiger partial charge in [0.05, 0.1) is 17.9 Å². The van der Waals surface area contributed by atoms with Crippen LogP contribution < -0.4 is 5.73 Å². The molecule has 0 aromatic carbocycles. The van der Waals surface area contributed by atoms with Gasteiger partial charge in [0.25, 0.3) is 0 Å². The molecular weight excluding hydrogens is 166 g/mol. The molecule has 3 N–H and O–H groups in total. The molecule has 0 atom stereocenters. The summed E-state index contributed by atoms with van der Waals surface area (Å²) in [4.78, 5) is 11.3. The van der Waals surface area contributed by atoms with Gasteiger partial charge in [-0.2, -0.15) is 0 Å². The number of hydrogen-bond acceptors (Lipinski definition) is 3. The Morgan fingerprint density at radius 3 is 3.15 bits per heavy atom. The van der Waals surface area contributed by atoms with Gasteiger partial charge in [-0.05, 0) is 6.07 Å². The van der Waals surface area contributed by atoms with Crippen molar-refractivity contribution in [3.63, 3.8) is 0 Å². The first-order valence-corrected chi connectivity index (χ1v) is 3.91. The van der Waals surface area contributed by atoms with Crippen molar-refractivity contribution >= 4 is 22.6 Å². The highest BCUT2D eigenvalue weighted by atomic mass is 15.1. The van der Waals surface area contributed by atoms with Crippen LogP contribution in [0.15, 0.2) is 24.7 Å². The molecule has 64 valence electrons. The zero-order valence-corrected chi connectivity index (χ0v) is 6.73. The van der Waals surface area contributed by atoms with Crippen LogP contribution in [-0.4, -0.2) is 19.4 Å². The largest absolute Gasteiger partial charge is 0.383 e. The SMILES string of the molecule is Nc1cnc2cnc3[nH]ccc3n12. The number of anilines is 1. The Morgan fingerprint density at radius 2 is 2.23 bits per heavy atom. The van der Waals surface area contributed by atoms with Gasteiger partial charge in [0, 0.05) is 6.20 Å². The molecule has 0 saturated carbocycles. The van der Waals surface area contributed by atoms with Gasteiger partial charge in [-0.3, -0.25) is 4.40 Å². The van der Waals surface area contributed by atoms with E-state index in [0.29, 0.717) is 5.82 Å². The molecule has 0 bridgehead atoms. The lowest BCUT2D eigenvalue weighted by Gasteiger charge is -1.96. The predicted octanol–water partition coefficient (Wildman–Crippen LogP) is 0.793. The van der Waals surface area contributed by atoms with Crippen LogP contribution >= 0.6 is 0 Å². The monoisotopic (exact) mass is 173 g/mol. The third-order valence-corrected chi connectivity index (χ3v) is 2.07. The zero-order chi connectivity index (χ0) is 8.84. The highest BCUT2D eigenvalue weighted by Crippen LogP contribution is 2.15. The summed E-state index contributed by atoms with van der Waals surface area (Å²) in [6.45, 7) is 0. The van der Waals surface area contributed by atoms with Crippen molar-refractivity contribution in [3.05, 3.63) is 24.7 Å². The Morgan fingerprint density at radius 1 is 1.31 bits per heavy atom. The summed E-state index contributed by atoms with van der Waals surface area (Å²) in [5.74, 6) is 0.627. The molecule has 5 heteroatoms. The summed E-state index contributed by atoms with van der Waals surface area (Å²) in [5, 5.41) is 0. The van der Waals surface area contributed by atoms with Crippen molar-refractivity contribution in [2.75, 3.05) is 5.73 Å². The lowest BCUT2D eigenvalue weighted by molar-refractivity contribution is 1.21. The standard InChI is InChI=1S/C8H7N5/c9-6-3-11-7-4-12-8-5(13(6)7)1-2-10-8/h1-4,10H,9H2. The van der Waals surface area contributed by atoms with E-state index in [1.807, 2.05) is 16.7 Å². The molecule has 3 heterocycles. The zero-order valence-electron chi connectivity index (χ0n) is 6.73. The average molecular weight is 173 g/mol. The van der Waals surface area contributed by atoms with E-state index >= 15 is 0 Å². The number of hydrogen-bond donors (Lipinski definition) is 2. The summed E-state index contributed by atoms with van der Waals surface area (Å²) < 4.78 is 1.86. The minimum absolute atomic E-state index is 0.627. The van der Waals surface area contributed by atoms with E-state index < -0.39 is 0 Å². The molecule has 0 aliphatic rings. The number of rotatable bonds is 0. The van der Waals surface area contributed by atoms with Crippen molar-refractivity contribution in [1.82, 2.24) is 19.4 Å². The Bertz CT molecular complexity index is 576. The molecule has 3 aromatic rings. The third kappa shape index (κ3) is 0.703. The second kappa shape index (κ2) is 2.01. The van der Waals surface area contributed by atoms with Crippen LogP contribution in [0.25, 0.3) is 16.8 Å². The Kier molecular flexibility index (Phi) is 0.999. The molecule has 0 aliphatic carbocycles. The quantitative estimate of drug-likeness (QED) is 0.528. The average Bonchev–Trinajstić information content (AvgIpc) is 2.70. The summed E-state index contributed by atoms with van der Waals surface area (Å²) in [7, 11) is 0. The van der Waals surface area contributed by atoms with Crippen LogP contribution in [0, 0.1) is 0 Å². The van der Waals surface area contributed by atoms with Gasteiger partial charge in [-0.25, -0.2) is 9.97 Å². The summed E-state index contributed by atoms with van der Waals surface area (Å²) in [6.07, 6.45) is 5.15. The summed E-state index contributed by atoms with van der Waals surface area (Å²) in [6, 6.07) is 1.92. The molecular formula is C8H7N5. The third-order valence-electron chi connectivity index (χ3n) is 2.07. The molecule has 0 fully saturated rings. The van der Waals surface area contributed by atoms with E-state index in [-0.39, 0.29) is 0 Å². The molecule has 13 heavy (non-hydrogen) atoms. The number of aromatic nitrogens is 4. The first-order valence-electron chi connectivity index (χ1n) is 3.91. The van der Waals surface area contributed by atoms with E-state index in [2.05, 4.69) is 15.0 Å². The molecule has 0 saturated heterocycles. The molecule has 0 spiro atoms. The molecule has 0 unspecified atom stereocenters. The van der Waals surface area contributed by atoms with Crippen LogP contribution in [0.1, 0.15) is 0 Å². The predicted molar refractivity (Wildman–Crippen MR) is 49.3 cm³/mol. The molecule has 0 aliphatic heterocycles. The first kappa shape index (κ1) is 6.47. The molecule has 3 aromatic heterocycles. The second-order valence-electron chi connectivity index (χ2n) is 2.85. The van der Waals surface area contributed by atoms with Crippen molar-refractivity contribution in [1.29, 1.82) is 0 Å². The normalized spacial score (nSPS) is 11.4. The van der Waals surface area contributed by atoms with Crippen molar-refractivity contribution < 1.29 is 0 Å². The van der Waals surface area contributed by atoms with Gasteiger partial charge >= 0.3 is 0 Å². The number of nitrogens with one attached hydrogen (secondary N) is 1. The summed E-state index contributed by atoms with van der Waals surface area (Å²) >= 11 is 0. The van der Waals surface area contributed by atoms with Crippen LogP contribution in [0.2, 0.25) is 0 Å². The molecule has 3 rings (SSSR count). The van der Waals surface area contributed by atoms with Gasteiger partial charge in [-0.1, -0.05) is 0 Å². The highest BCUT2D eigenvalue weighted by Gasteiger charge is 2.04. The molecule has 5 nitrogen and oxygen atoms in total. The van der Waals surface area contributed by atoms with Crippen molar-refractivity contribution in [2.24, 2.45) is 0 Å². The lowest BCUT2D eigenvalue weighted by atomic mass is 10.5. The highest BCUT2D eigenvalue weighted by molar-refractivity contribution is 5.76. The Balaban J connectivity index is 2.70. The van der Waals surface area contributed by atoms with Crippen molar-refractivity contribution in [2.45, 2.75) is 0 Å². The fourth-order valence-electron chi connectivity index (χ4n) is 1.49. The van der Waals surface area contributed by atoms with E-state index in [4.69, 9.17) is 5.73 Å². The van der Waals surface area contributed by atoms with E-state index in [1.165, 1.54) is 0 Å². The van der Waals surface area contributed by atoms with E-state index in [1.54, 1.807) is 12.4 Å². The fraction of sp³-hybridized carbons (Fsp3) is 0. The number of nitrogen functional groups attached to an aromatic ring is 1. The van der Waals surface area contributed by atoms with E-state index in [0.717, 1.165) is 16.8 Å². The minimum Gasteiger partial charge on any atom is -0.383 e. The summed E-state index contributed by atoms with van der Waals surface area (Å²) in [5.41, 5.74) is 8.30. The molecule has 0 radical (unpaired) electrons. The van der Waals surface area contributed by atoms with Gasteiger partial charge in [-0.15, -0.1) is 0 Å². The maximum Gasteiger partial charge on any atom is 0.157 e. The van der Waals surface area contributed by atoms with Gasteiger partial charge < -0.3 is 10.7 Å². The van der Waals surface area contributed by atoms with Gasteiger partial charge in [0.15, 0.2) is 11.3 Å². The first-order chi connectivity index (χ1) is 6.36. The van der Waals surface area contributed by atoms with Crippen LogP contribution in [0.3, 0.4) is 0 Å². The second-order valence-corrected chi connectivity index (χ2v) is 2.85. The number of aromatic amines is 1. The number of nitrogens with zero attached hydrogens (tertiary/aromatic N) is 3. The van der Waals surface area contributed by atoms with Crippen LogP contribution in [0.4, 0.5) is 5.82 Å². The number of nitrogens with two attached hydrogens (primary N) is 1. The Labute approximate surface area is 73.2 Å².